The number of thiazole rings is 1. The van der Waals surface area contributed by atoms with Gasteiger partial charge in [-0.15, -0.1) is 0 Å². The molecule has 0 aromatic carbocycles. The number of nitrogens with two attached hydrogens (primary N) is 1. The average molecular weight is 342 g/mol. The number of hydrogen-bond donors (Lipinski definition) is 1. The standard InChI is InChI=1S/C15H20N3O2S.ClH/c1-10-4-5-12(15(16)17-10)8-18-9-21-13(11(18)2)6-7-14(19)20-3;/h4-5,9H,6-8H2,1-3H3,(H2,16,17);1H/q+1;/p-1. The molecular weight excluding hydrogens is 322 g/mol. The van der Waals surface area contributed by atoms with Gasteiger partial charge in [-0.25, -0.2) is 4.98 Å². The van der Waals surface area contributed by atoms with Crippen molar-refractivity contribution >= 4 is 23.1 Å². The number of aromatic nitrogens is 2. The Bertz CT molecular complexity index is 658. The maximum absolute atomic E-state index is 11.2. The summed E-state index contributed by atoms with van der Waals surface area (Å²) in [4.78, 5) is 16.7. The Morgan fingerprint density at radius 1 is 1.41 bits per heavy atom. The van der Waals surface area contributed by atoms with Crippen molar-refractivity contribution in [1.82, 2.24) is 4.98 Å². The largest absolute Gasteiger partial charge is 1.00 e. The SMILES string of the molecule is COC(=O)CCc1sc[n+](Cc2ccc(C)nc2N)c1C.[Cl-]. The van der Waals surface area contributed by atoms with Crippen molar-refractivity contribution < 1.29 is 26.5 Å². The zero-order valence-electron chi connectivity index (χ0n) is 12.9. The Kier molecular flexibility index (Phi) is 6.77. The maximum atomic E-state index is 11.2. The van der Waals surface area contributed by atoms with Crippen molar-refractivity contribution in [3.8, 4) is 0 Å². The van der Waals surface area contributed by atoms with E-state index in [1.165, 1.54) is 12.0 Å². The number of pyridine rings is 1. The summed E-state index contributed by atoms with van der Waals surface area (Å²) >= 11 is 1.65. The van der Waals surface area contributed by atoms with E-state index in [0.717, 1.165) is 17.0 Å². The van der Waals surface area contributed by atoms with E-state index in [2.05, 4.69) is 26.7 Å². The maximum Gasteiger partial charge on any atom is 0.305 e. The van der Waals surface area contributed by atoms with E-state index in [1.807, 2.05) is 19.1 Å². The third kappa shape index (κ3) is 4.42. The topological polar surface area (TPSA) is 69.1 Å². The summed E-state index contributed by atoms with van der Waals surface area (Å²) in [7, 11) is 1.41. The Hall–Kier alpha value is -1.66. The molecule has 0 aliphatic heterocycles. The summed E-state index contributed by atoms with van der Waals surface area (Å²) in [6.07, 6.45) is 1.11. The van der Waals surface area contributed by atoms with Gasteiger partial charge in [-0.05, 0) is 25.5 Å². The quantitative estimate of drug-likeness (QED) is 0.547. The molecule has 0 saturated heterocycles. The molecule has 0 radical (unpaired) electrons. The lowest BCUT2D eigenvalue weighted by atomic mass is 10.2. The van der Waals surface area contributed by atoms with Crippen molar-refractivity contribution in [2.45, 2.75) is 33.2 Å². The summed E-state index contributed by atoms with van der Waals surface area (Å²) in [5.41, 5.74) is 11.1. The van der Waals surface area contributed by atoms with E-state index < -0.39 is 0 Å². The first-order valence-corrected chi connectivity index (χ1v) is 7.64. The molecule has 120 valence electrons. The number of halogens is 1. The van der Waals surface area contributed by atoms with Crippen LogP contribution in [0.2, 0.25) is 0 Å². The minimum absolute atomic E-state index is 0. The minimum atomic E-state index is -0.179. The number of anilines is 1. The number of rotatable bonds is 5. The molecule has 2 aromatic rings. The molecule has 5 nitrogen and oxygen atoms in total. The normalized spacial score (nSPS) is 10.1. The van der Waals surface area contributed by atoms with Gasteiger partial charge < -0.3 is 22.9 Å². The van der Waals surface area contributed by atoms with Crippen molar-refractivity contribution in [1.29, 1.82) is 0 Å². The van der Waals surface area contributed by atoms with Crippen LogP contribution in [0.4, 0.5) is 5.82 Å². The van der Waals surface area contributed by atoms with Crippen LogP contribution in [0, 0.1) is 13.8 Å². The van der Waals surface area contributed by atoms with Crippen LogP contribution >= 0.6 is 11.3 Å². The number of nitrogen functional groups attached to an aromatic ring is 1. The number of hydrogen-bond acceptors (Lipinski definition) is 5. The molecule has 0 spiro atoms. The number of carbonyl (C=O) groups is 1. The Morgan fingerprint density at radius 2 is 2.14 bits per heavy atom. The van der Waals surface area contributed by atoms with Crippen molar-refractivity contribution in [3.05, 3.63) is 39.5 Å². The van der Waals surface area contributed by atoms with Gasteiger partial charge in [0.1, 0.15) is 5.82 Å². The van der Waals surface area contributed by atoms with Gasteiger partial charge in [0.25, 0.3) is 0 Å². The Morgan fingerprint density at radius 3 is 2.77 bits per heavy atom. The van der Waals surface area contributed by atoms with Crippen molar-refractivity contribution in [3.63, 3.8) is 0 Å². The molecule has 7 heteroatoms. The Labute approximate surface area is 140 Å². The first-order chi connectivity index (χ1) is 10.0. The number of ether oxygens (including phenoxy) is 1. The van der Waals surface area contributed by atoms with Crippen LogP contribution in [0.3, 0.4) is 0 Å². The summed E-state index contributed by atoms with van der Waals surface area (Å²) in [5.74, 6) is 0.394. The molecule has 0 unspecified atom stereocenters. The van der Waals surface area contributed by atoms with Gasteiger partial charge in [-0.2, -0.15) is 4.57 Å². The van der Waals surface area contributed by atoms with Gasteiger partial charge in [-0.1, -0.05) is 11.3 Å². The number of carbonyl (C=O) groups excluding carboxylic acids is 1. The van der Waals surface area contributed by atoms with Crippen LogP contribution in [-0.4, -0.2) is 18.1 Å². The predicted octanol–water partition coefficient (Wildman–Crippen LogP) is -1.21. The molecule has 2 aromatic heterocycles. The molecule has 0 aliphatic carbocycles. The zero-order chi connectivity index (χ0) is 15.4. The first kappa shape index (κ1) is 18.4. The van der Waals surface area contributed by atoms with E-state index >= 15 is 0 Å². The van der Waals surface area contributed by atoms with E-state index in [-0.39, 0.29) is 18.4 Å². The van der Waals surface area contributed by atoms with Crippen molar-refractivity contribution in [2.75, 3.05) is 12.8 Å². The second-order valence-electron chi connectivity index (χ2n) is 4.93. The van der Waals surface area contributed by atoms with E-state index in [4.69, 9.17) is 5.73 Å². The molecule has 2 N–H and O–H groups in total. The highest BCUT2D eigenvalue weighted by Gasteiger charge is 2.18. The molecule has 22 heavy (non-hydrogen) atoms. The number of methoxy groups -OCH3 is 1. The molecule has 0 bridgehead atoms. The molecule has 0 amide bonds. The number of nitrogens with zero attached hydrogens (tertiary/aromatic N) is 2. The summed E-state index contributed by atoms with van der Waals surface area (Å²) < 4.78 is 6.81. The molecular formula is C15H20ClN3O2S. The number of esters is 1. The first-order valence-electron chi connectivity index (χ1n) is 6.76. The second kappa shape index (κ2) is 8.10. The smallest absolute Gasteiger partial charge is 0.305 e. The summed E-state index contributed by atoms with van der Waals surface area (Å²) in [6, 6.07) is 3.97. The fourth-order valence-electron chi connectivity index (χ4n) is 2.09. The van der Waals surface area contributed by atoms with Gasteiger partial charge in [0.15, 0.2) is 12.2 Å². The molecule has 0 fully saturated rings. The van der Waals surface area contributed by atoms with Gasteiger partial charge >= 0.3 is 5.97 Å². The summed E-state index contributed by atoms with van der Waals surface area (Å²) in [6.45, 7) is 4.68. The van der Waals surface area contributed by atoms with Gasteiger partial charge in [0, 0.05) is 12.6 Å². The Balaban J connectivity index is 0.00000242. The van der Waals surface area contributed by atoms with Gasteiger partial charge in [0.2, 0.25) is 5.51 Å². The van der Waals surface area contributed by atoms with Gasteiger partial charge in [-0.3, -0.25) is 4.79 Å². The lowest BCUT2D eigenvalue weighted by Crippen LogP contribution is -3.00. The highest BCUT2D eigenvalue weighted by atomic mass is 35.5. The molecule has 0 aliphatic rings. The van der Waals surface area contributed by atoms with E-state index in [0.29, 0.717) is 25.2 Å². The monoisotopic (exact) mass is 341 g/mol. The zero-order valence-corrected chi connectivity index (χ0v) is 14.5. The lowest BCUT2D eigenvalue weighted by Gasteiger charge is -2.02. The van der Waals surface area contributed by atoms with Crippen LogP contribution in [-0.2, 0) is 22.5 Å². The number of aryl methyl sites for hydroxylation is 2. The van der Waals surface area contributed by atoms with Crippen LogP contribution in [0.5, 0.6) is 0 Å². The lowest BCUT2D eigenvalue weighted by molar-refractivity contribution is -0.689. The highest BCUT2D eigenvalue weighted by molar-refractivity contribution is 7.09. The predicted molar refractivity (Wildman–Crippen MR) is 82.1 cm³/mol. The van der Waals surface area contributed by atoms with E-state index in [1.54, 1.807) is 11.3 Å². The summed E-state index contributed by atoms with van der Waals surface area (Å²) in [5, 5.41) is 0. The van der Waals surface area contributed by atoms with E-state index in [9.17, 15) is 4.79 Å². The van der Waals surface area contributed by atoms with Crippen LogP contribution < -0.4 is 22.7 Å². The highest BCUT2D eigenvalue weighted by Crippen LogP contribution is 2.16. The molecule has 0 atom stereocenters. The fourth-order valence-corrected chi connectivity index (χ4v) is 3.08. The van der Waals surface area contributed by atoms with Crippen molar-refractivity contribution in [2.24, 2.45) is 0 Å². The van der Waals surface area contributed by atoms with Gasteiger partial charge in [0.05, 0.1) is 24.0 Å². The molecule has 2 heterocycles. The second-order valence-corrected chi connectivity index (χ2v) is 5.87. The average Bonchev–Trinajstić information content (AvgIpc) is 2.80. The van der Waals surface area contributed by atoms with Crippen LogP contribution in [0.15, 0.2) is 17.6 Å². The van der Waals surface area contributed by atoms with Crippen LogP contribution in [0.25, 0.3) is 0 Å². The fraction of sp³-hybridized carbons (Fsp3) is 0.400. The molecule has 0 saturated carbocycles. The molecule has 2 rings (SSSR count). The third-order valence-electron chi connectivity index (χ3n) is 3.43. The third-order valence-corrected chi connectivity index (χ3v) is 4.58. The van der Waals surface area contributed by atoms with Crippen LogP contribution in [0.1, 0.15) is 28.2 Å². The minimum Gasteiger partial charge on any atom is -1.00 e.